The number of nitrogens with zero attached hydrogens (tertiary/aromatic N) is 4. The highest BCUT2D eigenvalue weighted by atomic mass is 32.1. The zero-order chi connectivity index (χ0) is 33.5. The molecule has 7 aromatic carbocycles. The molecule has 238 valence electrons. The smallest absolute Gasteiger partial charge is 0.164 e. The van der Waals surface area contributed by atoms with Crippen molar-refractivity contribution in [2.45, 2.75) is 0 Å². The minimum absolute atomic E-state index is 0.652. The van der Waals surface area contributed by atoms with Gasteiger partial charge in [-0.25, -0.2) is 15.0 Å². The number of benzene rings is 7. The monoisotopic (exact) mass is 670 g/mol. The fourth-order valence-corrected chi connectivity index (χ4v) is 8.64. The third-order valence-electron chi connectivity index (χ3n) is 9.83. The minimum Gasteiger partial charge on any atom is -0.453 e. The zero-order valence-electron chi connectivity index (χ0n) is 27.1. The van der Waals surface area contributed by atoms with Crippen LogP contribution >= 0.6 is 11.3 Å². The Labute approximate surface area is 296 Å². The van der Waals surface area contributed by atoms with Gasteiger partial charge in [0.1, 0.15) is 0 Å². The lowest BCUT2D eigenvalue weighted by molar-refractivity contribution is 0.476. The highest BCUT2D eigenvalue weighted by Crippen LogP contribution is 2.48. The van der Waals surface area contributed by atoms with Gasteiger partial charge < -0.3 is 9.30 Å². The quantitative estimate of drug-likeness (QED) is 0.187. The normalized spacial score (nSPS) is 12.1. The van der Waals surface area contributed by atoms with Gasteiger partial charge in [0.2, 0.25) is 0 Å². The lowest BCUT2D eigenvalue weighted by Crippen LogP contribution is -2.03. The summed E-state index contributed by atoms with van der Waals surface area (Å²) in [7, 11) is 0. The molecular formula is C45H26N4OS. The number of para-hydroxylation sites is 3. The van der Waals surface area contributed by atoms with E-state index in [0.717, 1.165) is 55.9 Å². The molecule has 1 aliphatic heterocycles. The standard InChI is InChI=1S/C45H26N4OS/c1-3-12-27(13-4-1)43-46-44(28-14-5-2-6-15-28)48-45(47-43)32-17-11-21-40-41(32)34-24-29(22-23-39(34)51-40)30-25-33-31-16-7-8-18-35(31)49-36-19-9-10-20-37(36)50-38(26-30)42(33)49/h1-26H. The predicted molar refractivity (Wildman–Crippen MR) is 209 cm³/mol. The molecule has 0 saturated heterocycles. The highest BCUT2D eigenvalue weighted by molar-refractivity contribution is 7.26. The maximum atomic E-state index is 6.61. The second kappa shape index (κ2) is 10.9. The second-order valence-electron chi connectivity index (χ2n) is 12.8. The third-order valence-corrected chi connectivity index (χ3v) is 11.0. The number of ether oxygens (including phenoxy) is 1. The Bertz CT molecular complexity index is 2940. The van der Waals surface area contributed by atoms with Crippen LogP contribution < -0.4 is 4.74 Å². The van der Waals surface area contributed by atoms with Crippen molar-refractivity contribution in [1.82, 2.24) is 19.5 Å². The first kappa shape index (κ1) is 28.2. The summed E-state index contributed by atoms with van der Waals surface area (Å²) in [6.07, 6.45) is 0. The van der Waals surface area contributed by atoms with Gasteiger partial charge in [-0.05, 0) is 59.7 Å². The summed E-state index contributed by atoms with van der Waals surface area (Å²) in [4.78, 5) is 15.1. The molecule has 0 fully saturated rings. The Hall–Kier alpha value is -6.63. The zero-order valence-corrected chi connectivity index (χ0v) is 27.9. The summed E-state index contributed by atoms with van der Waals surface area (Å²) >= 11 is 1.79. The van der Waals surface area contributed by atoms with Crippen LogP contribution in [-0.4, -0.2) is 19.5 Å². The van der Waals surface area contributed by atoms with Crippen LogP contribution in [0.25, 0.3) is 93.0 Å². The first-order valence-corrected chi connectivity index (χ1v) is 17.8. The van der Waals surface area contributed by atoms with Crippen LogP contribution in [0.5, 0.6) is 11.5 Å². The molecule has 0 saturated carbocycles. The first-order valence-electron chi connectivity index (χ1n) is 16.9. The predicted octanol–water partition coefficient (Wildman–Crippen LogP) is 12.1. The molecule has 3 aromatic heterocycles. The molecule has 0 radical (unpaired) electrons. The molecule has 10 aromatic rings. The maximum Gasteiger partial charge on any atom is 0.164 e. The second-order valence-corrected chi connectivity index (χ2v) is 13.9. The highest BCUT2D eigenvalue weighted by Gasteiger charge is 2.25. The van der Waals surface area contributed by atoms with Crippen molar-refractivity contribution >= 4 is 53.3 Å². The number of rotatable bonds is 4. The molecule has 0 unspecified atom stereocenters. The average molecular weight is 671 g/mol. The molecule has 0 N–H and O–H groups in total. The van der Waals surface area contributed by atoms with Crippen molar-refractivity contribution in [3.05, 3.63) is 158 Å². The molecule has 6 heteroatoms. The molecule has 0 aliphatic carbocycles. The molecule has 51 heavy (non-hydrogen) atoms. The van der Waals surface area contributed by atoms with E-state index >= 15 is 0 Å². The van der Waals surface area contributed by atoms with Gasteiger partial charge in [0.25, 0.3) is 0 Å². The van der Waals surface area contributed by atoms with Crippen molar-refractivity contribution in [3.63, 3.8) is 0 Å². The van der Waals surface area contributed by atoms with Crippen LogP contribution in [0.3, 0.4) is 0 Å². The summed E-state index contributed by atoms with van der Waals surface area (Å²) in [5.74, 6) is 3.68. The summed E-state index contributed by atoms with van der Waals surface area (Å²) in [6, 6.07) is 54.9. The fourth-order valence-electron chi connectivity index (χ4n) is 7.52. The fraction of sp³-hybridized carbons (Fsp3) is 0. The van der Waals surface area contributed by atoms with Crippen LogP contribution in [0.4, 0.5) is 0 Å². The van der Waals surface area contributed by atoms with Gasteiger partial charge >= 0.3 is 0 Å². The minimum atomic E-state index is 0.652. The van der Waals surface area contributed by atoms with Gasteiger partial charge in [-0.15, -0.1) is 11.3 Å². The van der Waals surface area contributed by atoms with E-state index in [1.54, 1.807) is 11.3 Å². The number of hydrogen-bond donors (Lipinski definition) is 0. The summed E-state index contributed by atoms with van der Waals surface area (Å²) in [6.45, 7) is 0. The van der Waals surface area contributed by atoms with Crippen molar-refractivity contribution in [2.24, 2.45) is 0 Å². The molecule has 4 heterocycles. The van der Waals surface area contributed by atoms with Crippen molar-refractivity contribution in [3.8, 4) is 62.5 Å². The van der Waals surface area contributed by atoms with Crippen molar-refractivity contribution in [1.29, 1.82) is 0 Å². The van der Waals surface area contributed by atoms with E-state index in [0.29, 0.717) is 17.5 Å². The van der Waals surface area contributed by atoms with Crippen molar-refractivity contribution in [2.75, 3.05) is 0 Å². The summed E-state index contributed by atoms with van der Waals surface area (Å²) in [5.41, 5.74) is 8.46. The largest absolute Gasteiger partial charge is 0.453 e. The van der Waals surface area contributed by atoms with Gasteiger partial charge in [-0.3, -0.25) is 0 Å². The van der Waals surface area contributed by atoms with Crippen LogP contribution in [0, 0.1) is 0 Å². The van der Waals surface area contributed by atoms with E-state index in [9.17, 15) is 0 Å². The molecule has 0 spiro atoms. The Morgan fingerprint density at radius 3 is 1.94 bits per heavy atom. The van der Waals surface area contributed by atoms with E-state index in [1.165, 1.54) is 31.1 Å². The van der Waals surface area contributed by atoms with Gasteiger partial charge in [0.05, 0.1) is 16.7 Å². The number of hydrogen-bond acceptors (Lipinski definition) is 5. The first-order chi connectivity index (χ1) is 25.3. The molecule has 1 aliphatic rings. The SMILES string of the molecule is c1ccc(-c2nc(-c3ccccc3)nc(-c3cccc4sc5ccc(-c6cc7c8c(c6)c6ccccc6n8-c6ccccc6O7)cc5c34)n2)cc1. The van der Waals surface area contributed by atoms with Crippen LogP contribution in [0.2, 0.25) is 0 Å². The third kappa shape index (κ3) is 4.37. The van der Waals surface area contributed by atoms with Gasteiger partial charge in [0.15, 0.2) is 29.0 Å². The van der Waals surface area contributed by atoms with Crippen LogP contribution in [0.15, 0.2) is 158 Å². The van der Waals surface area contributed by atoms with Gasteiger partial charge in [-0.1, -0.05) is 109 Å². The molecule has 5 nitrogen and oxygen atoms in total. The summed E-state index contributed by atoms with van der Waals surface area (Å²) < 4.78 is 11.4. The lowest BCUT2D eigenvalue weighted by atomic mass is 9.98. The van der Waals surface area contributed by atoms with E-state index in [1.807, 2.05) is 72.8 Å². The maximum absolute atomic E-state index is 6.61. The van der Waals surface area contributed by atoms with Gasteiger partial charge in [-0.2, -0.15) is 0 Å². The number of fused-ring (bicyclic) bond motifs is 8. The summed E-state index contributed by atoms with van der Waals surface area (Å²) in [5, 5.41) is 4.70. The van der Waals surface area contributed by atoms with E-state index in [2.05, 4.69) is 89.5 Å². The van der Waals surface area contributed by atoms with E-state index in [-0.39, 0.29) is 0 Å². The molecule has 11 rings (SSSR count). The molecule has 0 atom stereocenters. The molecule has 0 bridgehead atoms. The van der Waals surface area contributed by atoms with E-state index < -0.39 is 0 Å². The van der Waals surface area contributed by atoms with Crippen molar-refractivity contribution < 1.29 is 4.74 Å². The van der Waals surface area contributed by atoms with Crippen LogP contribution in [0.1, 0.15) is 0 Å². The molecule has 0 amide bonds. The Balaban J connectivity index is 1.13. The topological polar surface area (TPSA) is 52.8 Å². The van der Waals surface area contributed by atoms with Gasteiger partial charge in [0, 0.05) is 47.6 Å². The Kier molecular flexibility index (Phi) is 6.05. The average Bonchev–Trinajstić information content (AvgIpc) is 3.75. The lowest BCUT2D eigenvalue weighted by Gasteiger charge is -2.21. The van der Waals surface area contributed by atoms with E-state index in [4.69, 9.17) is 19.7 Å². The number of aromatic nitrogens is 4. The Morgan fingerprint density at radius 2 is 1.14 bits per heavy atom. The molecular weight excluding hydrogens is 645 g/mol. The number of thiophene rings is 1. The van der Waals surface area contributed by atoms with Crippen LogP contribution in [-0.2, 0) is 0 Å². The Morgan fingerprint density at radius 1 is 0.451 bits per heavy atom.